The number of hydroxylamine groups is 1. The number of esters is 1. The van der Waals surface area contributed by atoms with E-state index in [2.05, 4.69) is 20.2 Å². The third-order valence-corrected chi connectivity index (χ3v) is 4.47. The second-order valence-corrected chi connectivity index (χ2v) is 5.99. The Kier molecular flexibility index (Phi) is 5.07. The first-order chi connectivity index (χ1) is 11.7. The zero-order valence-electron chi connectivity index (χ0n) is 13.4. The van der Waals surface area contributed by atoms with Gasteiger partial charge in [0.05, 0.1) is 12.2 Å². The van der Waals surface area contributed by atoms with E-state index < -0.39 is 5.97 Å². The highest BCUT2D eigenvalue weighted by Gasteiger charge is 2.23. The normalized spacial score (nSPS) is 16.9. The van der Waals surface area contributed by atoms with E-state index in [1.54, 1.807) is 14.0 Å². The quantitative estimate of drug-likeness (QED) is 0.806. The summed E-state index contributed by atoms with van der Waals surface area (Å²) in [5, 5.41) is 3.65. The summed E-state index contributed by atoms with van der Waals surface area (Å²) in [5.74, 6) is 0.264. The maximum atomic E-state index is 12.2. The second-order valence-electron chi connectivity index (χ2n) is 5.22. The molecule has 0 amide bonds. The fraction of sp³-hybridized carbons (Fsp3) is 0.312. The van der Waals surface area contributed by atoms with Gasteiger partial charge in [0, 0.05) is 12.6 Å². The predicted octanol–water partition coefficient (Wildman–Crippen LogP) is 2.00. The standard InChI is InChI=1S/C16H18N4O3S/c1-10-13(15(17-2)24-20-10)16(21)22-9-12-8-18-14(19-23-12)11-6-4-3-5-7-11/h3-7,12,17H,8-9H2,1-2H3,(H,18,19)/t12-/m1/s1. The van der Waals surface area contributed by atoms with Crippen LogP contribution in [0.3, 0.4) is 0 Å². The summed E-state index contributed by atoms with van der Waals surface area (Å²) < 4.78 is 9.50. The number of benzene rings is 1. The van der Waals surface area contributed by atoms with E-state index in [0.29, 0.717) is 28.6 Å². The van der Waals surface area contributed by atoms with Gasteiger partial charge < -0.3 is 10.1 Å². The molecule has 1 aliphatic heterocycles. The highest BCUT2D eigenvalue weighted by atomic mass is 32.1. The Labute approximate surface area is 143 Å². The van der Waals surface area contributed by atoms with Gasteiger partial charge in [-0.05, 0) is 18.5 Å². The number of hydrogen-bond acceptors (Lipinski definition) is 8. The van der Waals surface area contributed by atoms with Crippen molar-refractivity contribution in [2.24, 2.45) is 4.99 Å². The highest BCUT2D eigenvalue weighted by molar-refractivity contribution is 7.10. The summed E-state index contributed by atoms with van der Waals surface area (Å²) in [5.41, 5.74) is 4.89. The Morgan fingerprint density at radius 2 is 2.25 bits per heavy atom. The van der Waals surface area contributed by atoms with Crippen molar-refractivity contribution in [1.82, 2.24) is 9.85 Å². The van der Waals surface area contributed by atoms with Crippen molar-refractivity contribution >= 4 is 28.3 Å². The van der Waals surface area contributed by atoms with E-state index in [0.717, 1.165) is 5.56 Å². The van der Waals surface area contributed by atoms with Gasteiger partial charge in [0.1, 0.15) is 23.3 Å². The van der Waals surface area contributed by atoms with Crippen LogP contribution in [0.5, 0.6) is 0 Å². The highest BCUT2D eigenvalue weighted by Crippen LogP contribution is 2.24. The van der Waals surface area contributed by atoms with Crippen LogP contribution in [-0.4, -0.2) is 42.5 Å². The van der Waals surface area contributed by atoms with Crippen LogP contribution < -0.4 is 10.8 Å². The first-order valence-electron chi connectivity index (χ1n) is 7.51. The smallest absolute Gasteiger partial charge is 0.343 e. The maximum Gasteiger partial charge on any atom is 0.343 e. The number of ether oxygens (including phenoxy) is 1. The average molecular weight is 346 g/mol. The number of amidine groups is 1. The van der Waals surface area contributed by atoms with E-state index in [1.165, 1.54) is 11.5 Å². The van der Waals surface area contributed by atoms with Crippen LogP contribution in [0, 0.1) is 6.92 Å². The molecular formula is C16H18N4O3S. The lowest BCUT2D eigenvalue weighted by atomic mass is 10.2. The van der Waals surface area contributed by atoms with E-state index in [1.807, 2.05) is 30.3 Å². The van der Waals surface area contributed by atoms with Crippen LogP contribution in [0.25, 0.3) is 0 Å². The Bertz CT molecular complexity index is 745. The monoisotopic (exact) mass is 346 g/mol. The van der Waals surface area contributed by atoms with Gasteiger partial charge in [-0.15, -0.1) is 0 Å². The Balaban J connectivity index is 1.56. The Hall–Kier alpha value is -2.45. The van der Waals surface area contributed by atoms with Gasteiger partial charge in [0.25, 0.3) is 0 Å². The molecule has 2 heterocycles. The lowest BCUT2D eigenvalue weighted by Crippen LogP contribution is -2.40. The molecule has 0 spiro atoms. The first kappa shape index (κ1) is 16.4. The summed E-state index contributed by atoms with van der Waals surface area (Å²) in [6.07, 6.45) is -0.327. The van der Waals surface area contributed by atoms with Crippen molar-refractivity contribution in [3.8, 4) is 0 Å². The van der Waals surface area contributed by atoms with Crippen molar-refractivity contribution in [3.63, 3.8) is 0 Å². The van der Waals surface area contributed by atoms with Gasteiger partial charge in [-0.3, -0.25) is 9.83 Å². The molecule has 3 rings (SSSR count). The lowest BCUT2D eigenvalue weighted by Gasteiger charge is -2.22. The van der Waals surface area contributed by atoms with Crippen LogP contribution in [0.1, 0.15) is 21.6 Å². The van der Waals surface area contributed by atoms with Crippen LogP contribution in [0.2, 0.25) is 0 Å². The summed E-state index contributed by atoms with van der Waals surface area (Å²) in [6, 6.07) is 9.70. The summed E-state index contributed by atoms with van der Waals surface area (Å²) >= 11 is 1.24. The largest absolute Gasteiger partial charge is 0.459 e. The van der Waals surface area contributed by atoms with Crippen LogP contribution >= 0.6 is 11.5 Å². The fourth-order valence-corrected chi connectivity index (χ4v) is 2.99. The molecule has 1 aromatic carbocycles. The van der Waals surface area contributed by atoms with Crippen LogP contribution in [-0.2, 0) is 9.57 Å². The molecule has 0 fully saturated rings. The third kappa shape index (κ3) is 3.55. The molecule has 0 radical (unpaired) electrons. The lowest BCUT2D eigenvalue weighted by molar-refractivity contribution is -0.0349. The number of nitrogens with one attached hydrogen (secondary N) is 2. The van der Waals surface area contributed by atoms with Crippen molar-refractivity contribution < 1.29 is 14.4 Å². The number of carbonyl (C=O) groups excluding carboxylic acids is 1. The molecule has 2 aromatic rings. The molecule has 8 heteroatoms. The number of hydrogen-bond donors (Lipinski definition) is 2. The van der Waals surface area contributed by atoms with Crippen molar-refractivity contribution in [1.29, 1.82) is 0 Å². The second kappa shape index (κ2) is 7.41. The van der Waals surface area contributed by atoms with Gasteiger partial charge in [-0.2, -0.15) is 4.37 Å². The van der Waals surface area contributed by atoms with Gasteiger partial charge in [-0.1, -0.05) is 30.3 Å². The molecule has 0 bridgehead atoms. The summed E-state index contributed by atoms with van der Waals surface area (Å²) in [4.78, 5) is 22.2. The predicted molar refractivity (Wildman–Crippen MR) is 92.5 cm³/mol. The molecule has 1 aliphatic rings. The number of rotatable bonds is 5. The van der Waals surface area contributed by atoms with Crippen molar-refractivity contribution in [2.45, 2.75) is 13.0 Å². The third-order valence-electron chi connectivity index (χ3n) is 3.52. The van der Waals surface area contributed by atoms with Crippen LogP contribution in [0.4, 0.5) is 5.00 Å². The molecule has 1 aromatic heterocycles. The van der Waals surface area contributed by atoms with Crippen molar-refractivity contribution in [2.75, 3.05) is 25.5 Å². The Morgan fingerprint density at radius 1 is 1.46 bits per heavy atom. The summed E-state index contributed by atoms with van der Waals surface area (Å²) in [7, 11) is 1.75. The molecule has 0 saturated heterocycles. The van der Waals surface area contributed by atoms with E-state index in [9.17, 15) is 4.79 Å². The van der Waals surface area contributed by atoms with E-state index in [4.69, 9.17) is 9.57 Å². The van der Waals surface area contributed by atoms with Gasteiger partial charge in [0.15, 0.2) is 5.84 Å². The molecule has 2 N–H and O–H groups in total. The number of aliphatic imine (C=N–C) groups is 1. The average Bonchev–Trinajstić information content (AvgIpc) is 3.01. The van der Waals surface area contributed by atoms with E-state index in [-0.39, 0.29) is 12.7 Å². The zero-order valence-corrected chi connectivity index (χ0v) is 14.2. The first-order valence-corrected chi connectivity index (χ1v) is 8.29. The van der Waals surface area contributed by atoms with Gasteiger partial charge in [-0.25, -0.2) is 10.3 Å². The maximum absolute atomic E-state index is 12.2. The molecular weight excluding hydrogens is 328 g/mol. The molecule has 0 aliphatic carbocycles. The molecule has 24 heavy (non-hydrogen) atoms. The van der Waals surface area contributed by atoms with E-state index >= 15 is 0 Å². The molecule has 7 nitrogen and oxygen atoms in total. The Morgan fingerprint density at radius 3 is 2.92 bits per heavy atom. The zero-order chi connectivity index (χ0) is 16.9. The number of aromatic nitrogens is 1. The topological polar surface area (TPSA) is 84.8 Å². The minimum absolute atomic E-state index is 0.121. The molecule has 0 saturated carbocycles. The number of carbonyl (C=O) groups is 1. The number of nitrogens with zero attached hydrogens (tertiary/aromatic N) is 2. The van der Waals surface area contributed by atoms with Gasteiger partial charge in [0.2, 0.25) is 0 Å². The molecule has 0 unspecified atom stereocenters. The molecule has 1 atom stereocenters. The fourth-order valence-electron chi connectivity index (χ4n) is 2.26. The number of aryl methyl sites for hydroxylation is 1. The van der Waals surface area contributed by atoms with Gasteiger partial charge >= 0.3 is 5.97 Å². The summed E-state index contributed by atoms with van der Waals surface area (Å²) in [6.45, 7) is 2.32. The number of anilines is 1. The molecule has 126 valence electrons. The SMILES string of the molecule is CNc1snc(C)c1C(=O)OC[C@H]1CN=C(c2ccccc2)NO1. The minimum Gasteiger partial charge on any atom is -0.459 e. The van der Waals surface area contributed by atoms with Crippen LogP contribution in [0.15, 0.2) is 35.3 Å². The minimum atomic E-state index is -0.410. The van der Waals surface area contributed by atoms with Crippen molar-refractivity contribution in [3.05, 3.63) is 47.2 Å².